The summed E-state index contributed by atoms with van der Waals surface area (Å²) >= 11 is 0. The first-order chi connectivity index (χ1) is 6.81. The van der Waals surface area contributed by atoms with Crippen LogP contribution in [0.2, 0.25) is 0 Å². The molecule has 8 heteroatoms. The lowest BCUT2D eigenvalue weighted by molar-refractivity contribution is 0.0695. The van der Waals surface area contributed by atoms with Gasteiger partial charge in [-0.2, -0.15) is 8.42 Å². The van der Waals surface area contributed by atoms with E-state index in [1.54, 1.807) is 0 Å². The van der Waals surface area contributed by atoms with E-state index < -0.39 is 22.1 Å². The molecular weight excluding hydrogens is 243 g/mol. The van der Waals surface area contributed by atoms with Crippen molar-refractivity contribution in [3.63, 3.8) is 0 Å². The molecule has 0 radical (unpaired) electrons. The third-order valence-electron chi connectivity index (χ3n) is 1.46. The van der Waals surface area contributed by atoms with E-state index in [0.29, 0.717) is 0 Å². The first-order valence-electron chi connectivity index (χ1n) is 3.60. The number of carboxylic acids is 1. The highest BCUT2D eigenvalue weighted by atomic mass is 32.3. The first-order valence-corrected chi connectivity index (χ1v) is 5.54. The Balaban J connectivity index is 3.32. The van der Waals surface area contributed by atoms with E-state index in [-0.39, 0.29) is 10.9 Å². The molecule has 1 unspecified atom stereocenters. The lowest BCUT2D eigenvalue weighted by atomic mass is 10.2. The predicted octanol–water partition coefficient (Wildman–Crippen LogP) is 0.0668. The lowest BCUT2D eigenvalue weighted by Gasteiger charge is -2.07. The van der Waals surface area contributed by atoms with Gasteiger partial charge in [-0.25, -0.2) is 4.79 Å². The highest BCUT2D eigenvalue weighted by Crippen LogP contribution is 2.19. The van der Waals surface area contributed by atoms with Crippen LogP contribution in [0.15, 0.2) is 18.2 Å². The van der Waals surface area contributed by atoms with E-state index in [1.807, 2.05) is 0 Å². The van der Waals surface area contributed by atoms with Crippen LogP contribution >= 0.6 is 9.24 Å². The largest absolute Gasteiger partial charge is 0.478 e. The average molecular weight is 250 g/mol. The van der Waals surface area contributed by atoms with Gasteiger partial charge in [-0.1, -0.05) is 12.1 Å². The van der Waals surface area contributed by atoms with Crippen molar-refractivity contribution in [1.29, 1.82) is 0 Å². The van der Waals surface area contributed by atoms with E-state index in [2.05, 4.69) is 13.4 Å². The summed E-state index contributed by atoms with van der Waals surface area (Å²) in [7, 11) is -2.63. The zero-order valence-corrected chi connectivity index (χ0v) is 9.22. The van der Waals surface area contributed by atoms with Gasteiger partial charge in [0.15, 0.2) is 5.75 Å². The third-order valence-corrected chi connectivity index (χ3v) is 2.30. The molecule has 0 aliphatic rings. The number of benzene rings is 1. The van der Waals surface area contributed by atoms with Gasteiger partial charge >= 0.3 is 16.4 Å². The van der Waals surface area contributed by atoms with Crippen molar-refractivity contribution in [2.45, 2.75) is 0 Å². The van der Waals surface area contributed by atoms with E-state index in [1.165, 1.54) is 12.1 Å². The molecule has 0 saturated carbocycles. The van der Waals surface area contributed by atoms with E-state index in [0.717, 1.165) is 6.07 Å². The molecule has 2 N–H and O–H groups in total. The lowest BCUT2D eigenvalue weighted by Crippen LogP contribution is -2.15. The molecule has 6 nitrogen and oxygen atoms in total. The van der Waals surface area contributed by atoms with Crippen LogP contribution < -0.4 is 9.49 Å². The second-order valence-electron chi connectivity index (χ2n) is 2.54. The minimum atomic E-state index is -4.73. The summed E-state index contributed by atoms with van der Waals surface area (Å²) in [5.41, 5.74) is -0.347. The predicted molar refractivity (Wildman–Crippen MR) is 54.9 cm³/mol. The van der Waals surface area contributed by atoms with Gasteiger partial charge in [-0.3, -0.25) is 4.55 Å². The summed E-state index contributed by atoms with van der Waals surface area (Å²) in [4.78, 5) is 10.7. The van der Waals surface area contributed by atoms with Crippen LogP contribution in [-0.2, 0) is 10.4 Å². The Morgan fingerprint density at radius 2 is 2.00 bits per heavy atom. The van der Waals surface area contributed by atoms with Crippen LogP contribution in [0.4, 0.5) is 0 Å². The topological polar surface area (TPSA) is 101 Å². The SMILES string of the molecule is O=C(O)c1cccc(P)c1OS(=O)(=O)O. The number of hydrogen-bond acceptors (Lipinski definition) is 4. The van der Waals surface area contributed by atoms with Crippen molar-refractivity contribution in [2.24, 2.45) is 0 Å². The van der Waals surface area contributed by atoms with E-state index >= 15 is 0 Å². The first kappa shape index (κ1) is 11.9. The highest BCUT2D eigenvalue weighted by molar-refractivity contribution is 7.81. The third kappa shape index (κ3) is 3.16. The molecule has 1 aromatic carbocycles. The molecule has 15 heavy (non-hydrogen) atoms. The number of carboxylic acid groups (broad SMARTS) is 1. The Hall–Kier alpha value is -1.17. The standard InChI is InChI=1S/C7H7O6PS/c8-7(9)4-2-1-3-5(14)6(4)13-15(10,11)12/h1-3H,14H2,(H,8,9)(H,10,11,12). The van der Waals surface area contributed by atoms with Gasteiger partial charge in [-0.05, 0) is 6.07 Å². The van der Waals surface area contributed by atoms with Gasteiger partial charge in [0.1, 0.15) is 5.56 Å². The van der Waals surface area contributed by atoms with Crippen molar-refractivity contribution >= 4 is 30.9 Å². The molecule has 0 aromatic heterocycles. The number of hydrogen-bond donors (Lipinski definition) is 2. The zero-order chi connectivity index (χ0) is 11.6. The summed E-state index contributed by atoms with van der Waals surface area (Å²) in [6, 6.07) is 4.01. The van der Waals surface area contributed by atoms with Crippen molar-refractivity contribution < 1.29 is 27.1 Å². The van der Waals surface area contributed by atoms with Gasteiger partial charge in [0.25, 0.3) is 0 Å². The van der Waals surface area contributed by atoms with Crippen molar-refractivity contribution in [3.05, 3.63) is 23.8 Å². The average Bonchev–Trinajstić information content (AvgIpc) is 2.05. The molecule has 0 fully saturated rings. The maximum Gasteiger partial charge on any atom is 0.446 e. The molecular formula is C7H7O6PS. The zero-order valence-electron chi connectivity index (χ0n) is 7.25. The Kier molecular flexibility index (Phi) is 3.28. The molecule has 1 rings (SSSR count). The molecule has 0 spiro atoms. The van der Waals surface area contributed by atoms with Crippen LogP contribution in [0.3, 0.4) is 0 Å². The van der Waals surface area contributed by atoms with Crippen molar-refractivity contribution in [2.75, 3.05) is 0 Å². The monoisotopic (exact) mass is 250 g/mol. The van der Waals surface area contributed by atoms with Gasteiger partial charge < -0.3 is 9.29 Å². The summed E-state index contributed by atoms with van der Waals surface area (Å²) < 4.78 is 33.5. The summed E-state index contributed by atoms with van der Waals surface area (Å²) in [5.74, 6) is -1.77. The maximum atomic E-state index is 10.7. The maximum absolute atomic E-state index is 10.7. The number of aromatic carboxylic acids is 1. The molecule has 0 amide bonds. The smallest absolute Gasteiger partial charge is 0.446 e. The molecule has 0 bridgehead atoms. The minimum Gasteiger partial charge on any atom is -0.478 e. The fourth-order valence-electron chi connectivity index (χ4n) is 0.922. The number of para-hydroxylation sites is 1. The highest BCUT2D eigenvalue weighted by Gasteiger charge is 2.18. The van der Waals surface area contributed by atoms with E-state index in [4.69, 9.17) is 9.66 Å². The summed E-state index contributed by atoms with van der Waals surface area (Å²) in [5, 5.41) is 8.94. The van der Waals surface area contributed by atoms with Crippen LogP contribution in [0, 0.1) is 0 Å². The van der Waals surface area contributed by atoms with Crippen LogP contribution in [-0.4, -0.2) is 24.0 Å². The Labute approximate surface area is 88.0 Å². The van der Waals surface area contributed by atoms with Gasteiger partial charge in [0.05, 0.1) is 0 Å². The second kappa shape index (κ2) is 4.14. The Bertz CT molecular complexity index is 494. The Morgan fingerprint density at radius 3 is 2.47 bits per heavy atom. The van der Waals surface area contributed by atoms with Crippen LogP contribution in [0.1, 0.15) is 10.4 Å². The van der Waals surface area contributed by atoms with Crippen molar-refractivity contribution in [1.82, 2.24) is 0 Å². The molecule has 1 aromatic rings. The number of carbonyl (C=O) groups is 1. The summed E-state index contributed by atoms with van der Waals surface area (Å²) in [6.07, 6.45) is 0. The normalized spacial score (nSPS) is 11.1. The molecule has 1 atom stereocenters. The molecule has 0 saturated heterocycles. The molecule has 0 heterocycles. The van der Waals surface area contributed by atoms with Crippen LogP contribution in [0.5, 0.6) is 5.75 Å². The van der Waals surface area contributed by atoms with Crippen LogP contribution in [0.25, 0.3) is 0 Å². The van der Waals surface area contributed by atoms with E-state index in [9.17, 15) is 13.2 Å². The minimum absolute atomic E-state index is 0.215. The molecule has 82 valence electrons. The Morgan fingerprint density at radius 1 is 1.40 bits per heavy atom. The summed E-state index contributed by atoms with van der Waals surface area (Å²) in [6.45, 7) is 0. The fraction of sp³-hybridized carbons (Fsp3) is 0. The fourth-order valence-corrected chi connectivity index (χ4v) is 1.73. The van der Waals surface area contributed by atoms with Gasteiger partial charge in [0, 0.05) is 5.30 Å². The van der Waals surface area contributed by atoms with Crippen molar-refractivity contribution in [3.8, 4) is 5.75 Å². The number of rotatable bonds is 3. The molecule has 0 aliphatic heterocycles. The second-order valence-corrected chi connectivity index (χ2v) is 4.18. The molecule has 0 aliphatic carbocycles. The van der Waals surface area contributed by atoms with Gasteiger partial charge in [0.2, 0.25) is 0 Å². The van der Waals surface area contributed by atoms with Gasteiger partial charge in [-0.15, -0.1) is 9.24 Å². The quantitative estimate of drug-likeness (QED) is 0.581.